The summed E-state index contributed by atoms with van der Waals surface area (Å²) in [6.45, 7) is 3.86. The van der Waals surface area contributed by atoms with Crippen LogP contribution in [0.1, 0.15) is 23.6 Å². The van der Waals surface area contributed by atoms with E-state index in [9.17, 15) is 13.9 Å². The molecule has 132 valence electrons. The van der Waals surface area contributed by atoms with E-state index in [0.29, 0.717) is 12.2 Å². The van der Waals surface area contributed by atoms with Crippen LogP contribution in [0.4, 0.5) is 4.79 Å². The van der Waals surface area contributed by atoms with E-state index in [0.717, 1.165) is 16.7 Å². The van der Waals surface area contributed by atoms with Crippen LogP contribution < -0.4 is 9.84 Å². The molecule has 25 heavy (non-hydrogen) atoms. The number of aryl methyl sites for hydroxylation is 1. The molecule has 0 heterocycles. The van der Waals surface area contributed by atoms with Crippen LogP contribution in [0.3, 0.4) is 0 Å². The van der Waals surface area contributed by atoms with Gasteiger partial charge >= 0.3 is 14.0 Å². The second-order valence-corrected chi connectivity index (χ2v) is 6.36. The molecule has 0 aliphatic rings. The van der Waals surface area contributed by atoms with E-state index in [1.807, 2.05) is 43.3 Å². The van der Waals surface area contributed by atoms with Gasteiger partial charge < -0.3 is 14.6 Å². The Morgan fingerprint density at radius 1 is 1.12 bits per heavy atom. The van der Waals surface area contributed by atoms with E-state index >= 15 is 0 Å². The molecule has 0 saturated carbocycles. The van der Waals surface area contributed by atoms with Crippen molar-refractivity contribution in [1.82, 2.24) is 5.32 Å². The molecule has 0 saturated heterocycles. The summed E-state index contributed by atoms with van der Waals surface area (Å²) < 4.78 is 31.1. The zero-order valence-electron chi connectivity index (χ0n) is 14.1. The van der Waals surface area contributed by atoms with Gasteiger partial charge in [-0.05, 0) is 43.0 Å². The third-order valence-corrected chi connectivity index (χ3v) is 3.88. The number of amides is 1. The maximum absolute atomic E-state index is 11.8. The molecule has 7 heteroatoms. The van der Waals surface area contributed by atoms with Gasteiger partial charge in [0.15, 0.2) is 0 Å². The van der Waals surface area contributed by atoms with Gasteiger partial charge in [0.25, 0.3) is 0 Å². The maximum Gasteiger partial charge on any atom is 0.529 e. The quantitative estimate of drug-likeness (QED) is 0.743. The van der Waals surface area contributed by atoms with Crippen molar-refractivity contribution in [3.63, 3.8) is 0 Å². The number of nitrogens with one attached hydrogen (secondary N) is 1. The minimum absolute atomic E-state index is 0.134. The average Bonchev–Trinajstić information content (AvgIpc) is 2.56. The Kier molecular flexibility index (Phi) is 6.78. The Hall–Kier alpha value is -2.59. The van der Waals surface area contributed by atoms with Crippen molar-refractivity contribution in [2.75, 3.05) is 0 Å². The van der Waals surface area contributed by atoms with Gasteiger partial charge in [-0.3, -0.25) is 0 Å². The molecule has 0 aliphatic carbocycles. The lowest BCUT2D eigenvalue weighted by Crippen LogP contribution is -2.34. The summed E-state index contributed by atoms with van der Waals surface area (Å²) in [5.74, 6) is 0.308. The number of hydrogen-bond donors (Lipinski definition) is 1. The predicted octanol–water partition coefficient (Wildman–Crippen LogP) is 4.32. The number of ether oxygens (including phenoxy) is 1. The highest BCUT2D eigenvalue weighted by Crippen LogP contribution is 2.24. The highest BCUT2D eigenvalue weighted by molar-refractivity contribution is 7.25. The lowest BCUT2D eigenvalue weighted by molar-refractivity contribution is 0.136. The molecule has 2 aromatic rings. The smallest absolute Gasteiger partial charge is 0.445 e. The SMILES string of the molecule is Cc1cc(C[C@@H](C)NC(=O)OCc2ccccc2)ccc1OP(=O)=O. The molecule has 1 amide bonds. The van der Waals surface area contributed by atoms with Gasteiger partial charge in [-0.1, -0.05) is 42.5 Å². The van der Waals surface area contributed by atoms with Gasteiger partial charge in [0.05, 0.1) is 0 Å². The minimum atomic E-state index is -2.93. The first-order valence-corrected chi connectivity index (χ1v) is 8.92. The van der Waals surface area contributed by atoms with Gasteiger partial charge in [-0.15, -0.1) is 0 Å². The van der Waals surface area contributed by atoms with E-state index in [1.165, 1.54) is 0 Å². The van der Waals surface area contributed by atoms with Crippen molar-refractivity contribution in [1.29, 1.82) is 0 Å². The molecule has 0 radical (unpaired) electrons. The largest absolute Gasteiger partial charge is 0.529 e. The van der Waals surface area contributed by atoms with E-state index in [2.05, 4.69) is 5.32 Å². The zero-order chi connectivity index (χ0) is 18.2. The Morgan fingerprint density at radius 3 is 2.48 bits per heavy atom. The maximum atomic E-state index is 11.8. The van der Waals surface area contributed by atoms with Crippen LogP contribution in [-0.4, -0.2) is 12.1 Å². The van der Waals surface area contributed by atoms with Gasteiger partial charge in [-0.25, -0.2) is 4.79 Å². The Labute approximate surface area is 147 Å². The number of rotatable bonds is 7. The molecule has 0 aliphatic heterocycles. The highest BCUT2D eigenvalue weighted by Gasteiger charge is 2.11. The summed E-state index contributed by atoms with van der Waals surface area (Å²) in [6, 6.07) is 14.5. The molecule has 6 nitrogen and oxygen atoms in total. The van der Waals surface area contributed by atoms with Crippen LogP contribution in [-0.2, 0) is 26.9 Å². The molecule has 0 aromatic heterocycles. The van der Waals surface area contributed by atoms with E-state index in [-0.39, 0.29) is 12.6 Å². The summed E-state index contributed by atoms with van der Waals surface area (Å²) >= 11 is 0. The fourth-order valence-electron chi connectivity index (χ4n) is 2.39. The Balaban J connectivity index is 1.84. The number of benzene rings is 2. The van der Waals surface area contributed by atoms with Gasteiger partial charge in [0.1, 0.15) is 12.4 Å². The second kappa shape index (κ2) is 9.04. The van der Waals surface area contributed by atoms with Gasteiger partial charge in [-0.2, -0.15) is 9.13 Å². The van der Waals surface area contributed by atoms with Crippen LogP contribution in [0.25, 0.3) is 0 Å². The molecule has 0 bridgehead atoms. The second-order valence-electron chi connectivity index (χ2n) is 5.73. The number of hydrogen-bond acceptors (Lipinski definition) is 5. The van der Waals surface area contributed by atoms with Gasteiger partial charge in [0, 0.05) is 6.04 Å². The summed E-state index contributed by atoms with van der Waals surface area (Å²) in [6.07, 6.45) is 0.113. The first-order valence-electron chi connectivity index (χ1n) is 7.83. The van der Waals surface area contributed by atoms with Crippen LogP contribution >= 0.6 is 7.91 Å². The Morgan fingerprint density at radius 2 is 1.84 bits per heavy atom. The van der Waals surface area contributed by atoms with Crippen molar-refractivity contribution in [2.24, 2.45) is 0 Å². The van der Waals surface area contributed by atoms with Crippen LogP contribution in [0.15, 0.2) is 48.5 Å². The molecular weight excluding hydrogens is 341 g/mol. The third-order valence-electron chi connectivity index (χ3n) is 3.53. The number of carbonyl (C=O) groups is 1. The standard InChI is InChI=1S/C18H20NO5P/c1-13-10-16(8-9-17(13)24-25(21)22)11-14(2)19-18(20)23-12-15-6-4-3-5-7-15/h3-10,14H,11-12H2,1-2H3,(H,19,20)/t14-/m1/s1. The number of carbonyl (C=O) groups excluding carboxylic acids is 1. The molecule has 1 atom stereocenters. The van der Waals surface area contributed by atoms with Crippen LogP contribution in [0.5, 0.6) is 5.75 Å². The monoisotopic (exact) mass is 361 g/mol. The molecule has 2 rings (SSSR count). The fourth-order valence-corrected chi connectivity index (χ4v) is 2.76. The molecular formula is C18H20NO5P. The first kappa shape index (κ1) is 18.7. The van der Waals surface area contributed by atoms with Crippen molar-refractivity contribution in [3.05, 3.63) is 65.2 Å². The topological polar surface area (TPSA) is 81.7 Å². The van der Waals surface area contributed by atoms with E-state index in [4.69, 9.17) is 9.26 Å². The molecule has 0 spiro atoms. The lowest BCUT2D eigenvalue weighted by atomic mass is 10.0. The summed E-state index contributed by atoms with van der Waals surface area (Å²) in [7, 11) is -2.93. The van der Waals surface area contributed by atoms with Crippen molar-refractivity contribution in [3.8, 4) is 5.75 Å². The van der Waals surface area contributed by atoms with E-state index < -0.39 is 14.0 Å². The average molecular weight is 361 g/mol. The van der Waals surface area contributed by atoms with Crippen LogP contribution in [0.2, 0.25) is 0 Å². The summed E-state index contributed by atoms with van der Waals surface area (Å²) in [5.41, 5.74) is 2.60. The normalized spacial score (nSPS) is 11.4. The molecule has 1 N–H and O–H groups in total. The van der Waals surface area contributed by atoms with Crippen molar-refractivity contribution < 1.29 is 23.2 Å². The third kappa shape index (κ3) is 6.43. The summed E-state index contributed by atoms with van der Waals surface area (Å²) in [5, 5.41) is 2.78. The van der Waals surface area contributed by atoms with Crippen molar-refractivity contribution in [2.45, 2.75) is 32.9 Å². The molecule has 0 fully saturated rings. The van der Waals surface area contributed by atoms with Crippen molar-refractivity contribution >= 4 is 14.0 Å². The van der Waals surface area contributed by atoms with Gasteiger partial charge in [0.2, 0.25) is 0 Å². The van der Waals surface area contributed by atoms with Crippen LogP contribution in [0, 0.1) is 6.92 Å². The zero-order valence-corrected chi connectivity index (χ0v) is 15.0. The fraction of sp³-hybridized carbons (Fsp3) is 0.278. The highest BCUT2D eigenvalue weighted by atomic mass is 31.1. The Bertz CT molecular complexity index is 781. The number of alkyl carbamates (subject to hydrolysis) is 1. The minimum Gasteiger partial charge on any atom is -0.445 e. The molecule has 2 aromatic carbocycles. The predicted molar refractivity (Wildman–Crippen MR) is 93.0 cm³/mol. The molecule has 0 unspecified atom stereocenters. The first-order chi connectivity index (χ1) is 11.9. The lowest BCUT2D eigenvalue weighted by Gasteiger charge is -2.15. The van der Waals surface area contributed by atoms with E-state index in [1.54, 1.807) is 19.1 Å². The summed E-state index contributed by atoms with van der Waals surface area (Å²) in [4.78, 5) is 11.8.